The molecule has 0 radical (unpaired) electrons. The summed E-state index contributed by atoms with van der Waals surface area (Å²) in [4.78, 5) is 56.1. The highest BCUT2D eigenvalue weighted by molar-refractivity contribution is 6.01. The van der Waals surface area contributed by atoms with Crippen LogP contribution >= 0.6 is 0 Å². The normalized spacial score (nSPS) is 24.0. The molecule has 1 aromatic carbocycles. The van der Waals surface area contributed by atoms with Crippen LogP contribution in [0.15, 0.2) is 53.1 Å². The van der Waals surface area contributed by atoms with E-state index < -0.39 is 29.4 Å². The molecule has 2 aliphatic rings. The van der Waals surface area contributed by atoms with E-state index in [9.17, 15) is 19.2 Å². The molecule has 2 fully saturated rings. The Hall–Kier alpha value is -3.62. The van der Waals surface area contributed by atoms with E-state index in [1.807, 2.05) is 6.07 Å². The summed E-state index contributed by atoms with van der Waals surface area (Å²) >= 11 is 0. The number of carbonyl (C=O) groups is 4. The average Bonchev–Trinajstić information content (AvgIpc) is 3.48. The van der Waals surface area contributed by atoms with Gasteiger partial charge in [-0.3, -0.25) is 19.2 Å². The minimum atomic E-state index is -1.27. The number of hydrogen-bond donors (Lipinski definition) is 0. The van der Waals surface area contributed by atoms with Gasteiger partial charge in [0.25, 0.3) is 5.91 Å². The number of ether oxygens (including phenoxy) is 2. The van der Waals surface area contributed by atoms with Gasteiger partial charge in [0.15, 0.2) is 0 Å². The second kappa shape index (κ2) is 11.0. The van der Waals surface area contributed by atoms with Crippen LogP contribution in [0.25, 0.3) is 0 Å². The van der Waals surface area contributed by atoms with E-state index in [0.29, 0.717) is 30.7 Å². The number of hydrogen-bond acceptors (Lipinski definition) is 7. The zero-order valence-corrected chi connectivity index (χ0v) is 20.7. The number of carbonyl (C=O) groups excluding carboxylic acids is 4. The zero-order chi connectivity index (χ0) is 25.7. The van der Waals surface area contributed by atoms with Gasteiger partial charge in [0, 0.05) is 19.0 Å². The summed E-state index contributed by atoms with van der Waals surface area (Å²) in [6, 6.07) is 11.4. The molecule has 0 unspecified atom stereocenters. The van der Waals surface area contributed by atoms with E-state index in [1.54, 1.807) is 53.1 Å². The first kappa shape index (κ1) is 25.5. The number of nitrogens with zero attached hydrogens (tertiary/aromatic N) is 2. The molecule has 1 spiro atoms. The fourth-order valence-corrected chi connectivity index (χ4v) is 5.46. The summed E-state index contributed by atoms with van der Waals surface area (Å²) in [5, 5.41) is 0. The second-order valence-corrected chi connectivity index (χ2v) is 9.19. The highest BCUT2D eigenvalue weighted by atomic mass is 16.5. The topological polar surface area (TPSA) is 106 Å². The number of furan rings is 1. The number of rotatable bonds is 7. The fourth-order valence-electron chi connectivity index (χ4n) is 5.46. The van der Waals surface area contributed by atoms with E-state index in [2.05, 4.69) is 0 Å². The molecule has 2 saturated heterocycles. The summed E-state index contributed by atoms with van der Waals surface area (Å²) in [5.41, 5.74) is -0.851. The lowest BCUT2D eigenvalue weighted by Gasteiger charge is -2.41. The lowest BCUT2D eigenvalue weighted by molar-refractivity contribution is -0.149. The van der Waals surface area contributed by atoms with Crippen molar-refractivity contribution in [1.82, 2.24) is 9.80 Å². The zero-order valence-electron chi connectivity index (χ0n) is 20.7. The van der Waals surface area contributed by atoms with E-state index in [0.717, 1.165) is 6.42 Å². The summed E-state index contributed by atoms with van der Waals surface area (Å²) in [5.74, 6) is -1.84. The third-order valence-corrected chi connectivity index (χ3v) is 6.96. The Morgan fingerprint density at radius 1 is 1.08 bits per heavy atom. The number of benzene rings is 1. The van der Waals surface area contributed by atoms with Crippen molar-refractivity contribution in [3.8, 4) is 0 Å². The average molecular weight is 497 g/mol. The van der Waals surface area contributed by atoms with Crippen molar-refractivity contribution >= 4 is 23.8 Å². The summed E-state index contributed by atoms with van der Waals surface area (Å²) in [6.07, 6.45) is 3.44. The van der Waals surface area contributed by atoms with Gasteiger partial charge in [-0.2, -0.15) is 0 Å². The van der Waals surface area contributed by atoms with Crippen LogP contribution in [-0.4, -0.2) is 65.4 Å². The van der Waals surface area contributed by atoms with Gasteiger partial charge in [-0.15, -0.1) is 0 Å². The first-order valence-corrected chi connectivity index (χ1v) is 12.4. The Balaban J connectivity index is 1.81. The molecule has 9 nitrogen and oxygen atoms in total. The Morgan fingerprint density at radius 3 is 2.53 bits per heavy atom. The first-order chi connectivity index (χ1) is 17.4. The molecular formula is C27H32N2O7. The molecule has 36 heavy (non-hydrogen) atoms. The highest BCUT2D eigenvalue weighted by Gasteiger charge is 2.62. The number of amides is 2. The quantitative estimate of drug-likeness (QED) is 0.541. The molecule has 2 amide bonds. The first-order valence-electron chi connectivity index (χ1n) is 12.4. The molecule has 192 valence electrons. The van der Waals surface area contributed by atoms with Crippen molar-refractivity contribution in [2.45, 2.75) is 51.1 Å². The Kier molecular flexibility index (Phi) is 7.76. The summed E-state index contributed by atoms with van der Waals surface area (Å²) < 4.78 is 16.2. The maximum Gasteiger partial charge on any atom is 0.311 e. The van der Waals surface area contributed by atoms with E-state index >= 15 is 0 Å². The van der Waals surface area contributed by atoms with Crippen LogP contribution in [-0.2, 0) is 23.9 Å². The maximum absolute atomic E-state index is 14.2. The van der Waals surface area contributed by atoms with Gasteiger partial charge in [-0.1, -0.05) is 18.2 Å². The fraction of sp³-hybridized carbons (Fsp3) is 0.481. The largest absolute Gasteiger partial charge is 0.467 e. The molecule has 2 aromatic rings. The molecule has 0 aliphatic carbocycles. The van der Waals surface area contributed by atoms with Crippen LogP contribution < -0.4 is 0 Å². The minimum absolute atomic E-state index is 0.0622. The maximum atomic E-state index is 14.2. The van der Waals surface area contributed by atoms with Gasteiger partial charge in [0.2, 0.25) is 5.91 Å². The van der Waals surface area contributed by atoms with Crippen LogP contribution in [0, 0.1) is 5.92 Å². The molecule has 1 aromatic heterocycles. The molecular weight excluding hydrogens is 464 g/mol. The van der Waals surface area contributed by atoms with Gasteiger partial charge < -0.3 is 23.7 Å². The monoisotopic (exact) mass is 496 g/mol. The molecule has 0 N–H and O–H groups in total. The van der Waals surface area contributed by atoms with Crippen molar-refractivity contribution in [2.75, 3.05) is 26.3 Å². The third-order valence-electron chi connectivity index (χ3n) is 6.96. The van der Waals surface area contributed by atoms with Crippen molar-refractivity contribution in [2.24, 2.45) is 5.92 Å². The smallest absolute Gasteiger partial charge is 0.311 e. The highest BCUT2D eigenvalue weighted by Crippen LogP contribution is 2.51. The summed E-state index contributed by atoms with van der Waals surface area (Å²) in [7, 11) is 0. The SMILES string of the molecule is CCOC(=O)[C@H]1C[C@]2(CCCCN(CCOC(C)=O)C2=O)N(C(=O)c2ccccc2)[C@H]1c1ccco1. The molecule has 0 bridgehead atoms. The Morgan fingerprint density at radius 2 is 1.86 bits per heavy atom. The summed E-state index contributed by atoms with van der Waals surface area (Å²) in [6.45, 7) is 3.98. The second-order valence-electron chi connectivity index (χ2n) is 9.19. The molecule has 4 rings (SSSR count). The Bertz CT molecular complexity index is 1080. The van der Waals surface area contributed by atoms with Gasteiger partial charge in [0.1, 0.15) is 23.9 Å². The molecule has 3 atom stereocenters. The van der Waals surface area contributed by atoms with E-state index in [1.165, 1.54) is 13.2 Å². The molecule has 3 heterocycles. The van der Waals surface area contributed by atoms with E-state index in [-0.39, 0.29) is 38.0 Å². The van der Waals surface area contributed by atoms with Crippen LogP contribution in [0.2, 0.25) is 0 Å². The van der Waals surface area contributed by atoms with Crippen molar-refractivity contribution in [3.05, 3.63) is 60.1 Å². The standard InChI is InChI=1S/C27H32N2O7/c1-3-34-25(32)21-18-27(13-7-8-14-28(26(27)33)15-17-35-19(2)30)29(23(21)22-12-9-16-36-22)24(31)20-10-5-4-6-11-20/h4-6,9-12,16,21,23H,3,7-8,13-15,17-18H2,1-2H3/t21-,23+,27-/m0/s1. The van der Waals surface area contributed by atoms with Gasteiger partial charge >= 0.3 is 11.9 Å². The third kappa shape index (κ3) is 4.87. The Labute approximate surface area is 210 Å². The van der Waals surface area contributed by atoms with Gasteiger partial charge in [-0.25, -0.2) is 0 Å². The van der Waals surface area contributed by atoms with Crippen molar-refractivity contribution in [1.29, 1.82) is 0 Å². The van der Waals surface area contributed by atoms with Crippen LogP contribution in [0.3, 0.4) is 0 Å². The van der Waals surface area contributed by atoms with Gasteiger partial charge in [-0.05, 0) is 56.9 Å². The minimum Gasteiger partial charge on any atom is -0.467 e. The van der Waals surface area contributed by atoms with E-state index in [4.69, 9.17) is 13.9 Å². The predicted octanol–water partition coefficient (Wildman–Crippen LogP) is 3.36. The van der Waals surface area contributed by atoms with Crippen molar-refractivity contribution in [3.63, 3.8) is 0 Å². The lowest BCUT2D eigenvalue weighted by atomic mass is 9.85. The number of likely N-dealkylation sites (tertiary alicyclic amines) is 2. The van der Waals surface area contributed by atoms with Crippen molar-refractivity contribution < 1.29 is 33.1 Å². The molecule has 9 heteroatoms. The number of esters is 2. The lowest BCUT2D eigenvalue weighted by Crippen LogP contribution is -2.58. The molecule has 0 saturated carbocycles. The molecule has 2 aliphatic heterocycles. The van der Waals surface area contributed by atoms with Crippen LogP contribution in [0.5, 0.6) is 0 Å². The van der Waals surface area contributed by atoms with Crippen LogP contribution in [0.1, 0.15) is 61.7 Å². The predicted molar refractivity (Wildman–Crippen MR) is 129 cm³/mol. The van der Waals surface area contributed by atoms with Gasteiger partial charge in [0.05, 0.1) is 25.3 Å². The van der Waals surface area contributed by atoms with Crippen LogP contribution in [0.4, 0.5) is 0 Å².